The molecule has 0 atom stereocenters. The molecule has 126 valence electrons. The van der Waals surface area contributed by atoms with Crippen molar-refractivity contribution in [2.24, 2.45) is 7.05 Å². The van der Waals surface area contributed by atoms with Crippen LogP contribution < -0.4 is 4.72 Å². The van der Waals surface area contributed by atoms with Crippen molar-refractivity contribution in [1.29, 1.82) is 0 Å². The van der Waals surface area contributed by atoms with Crippen molar-refractivity contribution >= 4 is 20.9 Å². The SMILES string of the molecule is Cc1ccc(S(=O)(=O)NCc2ccc3c(c2)cc(C)n3C)c(C)c1. The van der Waals surface area contributed by atoms with Crippen LogP contribution in [0.1, 0.15) is 22.4 Å². The summed E-state index contributed by atoms with van der Waals surface area (Å²) in [4.78, 5) is 0.338. The summed E-state index contributed by atoms with van der Waals surface area (Å²) in [7, 11) is -1.49. The first kappa shape index (κ1) is 16.7. The van der Waals surface area contributed by atoms with Crippen LogP contribution in [0.4, 0.5) is 0 Å². The predicted octanol–water partition coefficient (Wildman–Crippen LogP) is 3.58. The standard InChI is InChI=1S/C19H22N2O2S/c1-13-5-8-19(14(2)9-13)24(22,23)20-12-16-6-7-18-17(11-16)10-15(3)21(18)4/h5-11,20H,12H2,1-4H3. The van der Waals surface area contributed by atoms with Gasteiger partial charge in [0.25, 0.3) is 0 Å². The van der Waals surface area contributed by atoms with Crippen molar-refractivity contribution in [3.8, 4) is 0 Å². The first-order chi connectivity index (χ1) is 11.3. The van der Waals surface area contributed by atoms with Crippen molar-refractivity contribution in [2.75, 3.05) is 0 Å². The second-order valence-electron chi connectivity index (χ2n) is 6.33. The largest absolute Gasteiger partial charge is 0.348 e. The van der Waals surface area contributed by atoms with E-state index in [1.54, 1.807) is 6.07 Å². The van der Waals surface area contributed by atoms with Gasteiger partial charge in [-0.15, -0.1) is 0 Å². The second-order valence-corrected chi connectivity index (χ2v) is 8.07. The van der Waals surface area contributed by atoms with Crippen LogP contribution in [0.25, 0.3) is 10.9 Å². The minimum atomic E-state index is -3.52. The lowest BCUT2D eigenvalue weighted by Gasteiger charge is -2.10. The van der Waals surface area contributed by atoms with Crippen molar-refractivity contribution in [2.45, 2.75) is 32.2 Å². The molecule has 0 saturated heterocycles. The topological polar surface area (TPSA) is 51.1 Å². The van der Waals surface area contributed by atoms with E-state index in [4.69, 9.17) is 0 Å². The van der Waals surface area contributed by atoms with Gasteiger partial charge in [-0.2, -0.15) is 0 Å². The number of benzene rings is 2. The zero-order valence-electron chi connectivity index (χ0n) is 14.4. The maximum Gasteiger partial charge on any atom is 0.241 e. The highest BCUT2D eigenvalue weighted by Crippen LogP contribution is 2.21. The van der Waals surface area contributed by atoms with Crippen molar-refractivity contribution in [3.63, 3.8) is 0 Å². The lowest BCUT2D eigenvalue weighted by atomic mass is 10.1. The molecule has 4 nitrogen and oxygen atoms in total. The van der Waals surface area contributed by atoms with E-state index in [0.717, 1.165) is 27.6 Å². The molecule has 0 spiro atoms. The van der Waals surface area contributed by atoms with Crippen LogP contribution in [0, 0.1) is 20.8 Å². The molecule has 0 unspecified atom stereocenters. The van der Waals surface area contributed by atoms with E-state index < -0.39 is 10.0 Å². The normalized spacial score (nSPS) is 12.0. The maximum atomic E-state index is 12.5. The molecule has 0 amide bonds. The molecule has 0 bridgehead atoms. The average Bonchev–Trinajstić information content (AvgIpc) is 2.79. The van der Waals surface area contributed by atoms with Crippen LogP contribution in [0.2, 0.25) is 0 Å². The van der Waals surface area contributed by atoms with Gasteiger partial charge in [-0.1, -0.05) is 23.8 Å². The Labute approximate surface area is 143 Å². The summed E-state index contributed by atoms with van der Waals surface area (Å²) in [6.07, 6.45) is 0. The molecule has 3 aromatic rings. The Morgan fingerprint density at radius 1 is 1.00 bits per heavy atom. The van der Waals surface area contributed by atoms with Crippen LogP contribution in [0.5, 0.6) is 0 Å². The fourth-order valence-electron chi connectivity index (χ4n) is 3.00. The van der Waals surface area contributed by atoms with Gasteiger partial charge in [0.2, 0.25) is 10.0 Å². The highest BCUT2D eigenvalue weighted by atomic mass is 32.2. The smallest absolute Gasteiger partial charge is 0.241 e. The lowest BCUT2D eigenvalue weighted by Crippen LogP contribution is -2.24. The molecule has 1 heterocycles. The molecule has 24 heavy (non-hydrogen) atoms. The molecule has 0 aliphatic heterocycles. The number of hydrogen-bond donors (Lipinski definition) is 1. The monoisotopic (exact) mass is 342 g/mol. The quantitative estimate of drug-likeness (QED) is 0.788. The third kappa shape index (κ3) is 3.09. The third-order valence-corrected chi connectivity index (χ3v) is 5.99. The number of sulfonamides is 1. The lowest BCUT2D eigenvalue weighted by molar-refractivity contribution is 0.580. The zero-order valence-corrected chi connectivity index (χ0v) is 15.2. The van der Waals surface area contributed by atoms with Crippen molar-refractivity contribution < 1.29 is 8.42 Å². The maximum absolute atomic E-state index is 12.5. The molecular weight excluding hydrogens is 320 g/mol. The van der Waals surface area contributed by atoms with E-state index in [1.165, 1.54) is 5.69 Å². The second kappa shape index (κ2) is 6.07. The summed E-state index contributed by atoms with van der Waals surface area (Å²) < 4.78 is 29.9. The molecule has 0 fully saturated rings. The van der Waals surface area contributed by atoms with Gasteiger partial charge in [0.15, 0.2) is 0 Å². The van der Waals surface area contributed by atoms with Crippen LogP contribution in [0.3, 0.4) is 0 Å². The molecule has 1 N–H and O–H groups in total. The van der Waals surface area contributed by atoms with E-state index in [9.17, 15) is 8.42 Å². The van der Waals surface area contributed by atoms with Gasteiger partial charge in [0.05, 0.1) is 4.90 Å². The fourth-order valence-corrected chi connectivity index (χ4v) is 4.25. The van der Waals surface area contributed by atoms with Crippen molar-refractivity contribution in [1.82, 2.24) is 9.29 Å². The Morgan fingerprint density at radius 2 is 1.75 bits per heavy atom. The molecule has 1 aromatic heterocycles. The van der Waals surface area contributed by atoms with E-state index in [2.05, 4.69) is 22.3 Å². The van der Waals surface area contributed by atoms with Gasteiger partial charge in [0.1, 0.15) is 0 Å². The summed E-state index contributed by atoms with van der Waals surface area (Å²) >= 11 is 0. The summed E-state index contributed by atoms with van der Waals surface area (Å²) in [6, 6.07) is 13.5. The van der Waals surface area contributed by atoms with Gasteiger partial charge in [-0.05, 0) is 56.2 Å². The highest BCUT2D eigenvalue weighted by molar-refractivity contribution is 7.89. The molecule has 0 saturated carbocycles. The minimum Gasteiger partial charge on any atom is -0.348 e. The van der Waals surface area contributed by atoms with Gasteiger partial charge >= 0.3 is 0 Å². The third-order valence-electron chi connectivity index (χ3n) is 4.43. The van der Waals surface area contributed by atoms with Gasteiger partial charge < -0.3 is 4.57 Å². The average molecular weight is 342 g/mol. The molecule has 0 radical (unpaired) electrons. The highest BCUT2D eigenvalue weighted by Gasteiger charge is 2.16. The Balaban J connectivity index is 1.84. The predicted molar refractivity (Wildman–Crippen MR) is 97.6 cm³/mol. The number of aryl methyl sites for hydroxylation is 4. The zero-order chi connectivity index (χ0) is 17.5. The Morgan fingerprint density at radius 3 is 2.46 bits per heavy atom. The van der Waals surface area contributed by atoms with E-state index >= 15 is 0 Å². The van der Waals surface area contributed by atoms with Gasteiger partial charge in [0, 0.05) is 30.2 Å². The number of fused-ring (bicyclic) bond motifs is 1. The minimum absolute atomic E-state index is 0.277. The van der Waals surface area contributed by atoms with Crippen LogP contribution in [0.15, 0.2) is 47.4 Å². The summed E-state index contributed by atoms with van der Waals surface area (Å²) in [5.41, 5.74) is 5.08. The first-order valence-corrected chi connectivity index (χ1v) is 9.38. The van der Waals surface area contributed by atoms with Crippen LogP contribution in [-0.4, -0.2) is 13.0 Å². The Kier molecular flexibility index (Phi) is 4.24. The number of hydrogen-bond acceptors (Lipinski definition) is 2. The van der Waals surface area contributed by atoms with Gasteiger partial charge in [-0.25, -0.2) is 13.1 Å². The number of nitrogens with zero attached hydrogens (tertiary/aromatic N) is 1. The molecule has 5 heteroatoms. The van der Waals surface area contributed by atoms with E-state index in [0.29, 0.717) is 4.90 Å². The summed E-state index contributed by atoms with van der Waals surface area (Å²) in [5.74, 6) is 0. The summed E-state index contributed by atoms with van der Waals surface area (Å²) in [6.45, 7) is 6.11. The summed E-state index contributed by atoms with van der Waals surface area (Å²) in [5, 5.41) is 1.12. The molecule has 3 rings (SSSR count). The molecule has 0 aliphatic carbocycles. The van der Waals surface area contributed by atoms with Gasteiger partial charge in [-0.3, -0.25) is 0 Å². The fraction of sp³-hybridized carbons (Fsp3) is 0.263. The molecule has 2 aromatic carbocycles. The molecule has 0 aliphatic rings. The number of rotatable bonds is 4. The first-order valence-electron chi connectivity index (χ1n) is 7.90. The number of nitrogens with one attached hydrogen (secondary N) is 1. The van der Waals surface area contributed by atoms with E-state index in [-0.39, 0.29) is 6.54 Å². The molecular formula is C19H22N2O2S. The van der Waals surface area contributed by atoms with E-state index in [1.807, 2.05) is 51.2 Å². The Hall–Kier alpha value is -2.11. The van der Waals surface area contributed by atoms with Crippen LogP contribution >= 0.6 is 0 Å². The van der Waals surface area contributed by atoms with Crippen molar-refractivity contribution in [3.05, 3.63) is 64.8 Å². The number of aromatic nitrogens is 1. The van der Waals surface area contributed by atoms with Crippen LogP contribution in [-0.2, 0) is 23.6 Å². The Bertz CT molecular complexity index is 1020.